The number of hydrogen-bond donors (Lipinski definition) is 0. The molecule has 0 N–H and O–H groups in total. The van der Waals surface area contributed by atoms with E-state index in [1.54, 1.807) is 4.99 Å². The van der Waals surface area contributed by atoms with Gasteiger partial charge in [0.25, 0.3) is 0 Å². The molecule has 0 saturated carbocycles. The summed E-state index contributed by atoms with van der Waals surface area (Å²) in [6, 6.07) is 0. The van der Waals surface area contributed by atoms with Gasteiger partial charge in [0.1, 0.15) is 0 Å². The van der Waals surface area contributed by atoms with Crippen molar-refractivity contribution >= 4 is 21.9 Å². The van der Waals surface area contributed by atoms with Crippen molar-refractivity contribution < 1.29 is 9.53 Å². The Morgan fingerprint density at radius 3 is 2.32 bits per heavy atom. The molecule has 0 aliphatic carbocycles. The summed E-state index contributed by atoms with van der Waals surface area (Å²) in [5, 5.41) is 0. The molecule has 2 nitrogen and oxygen atoms in total. The van der Waals surface area contributed by atoms with Gasteiger partial charge in [-0.3, -0.25) is 4.79 Å². The van der Waals surface area contributed by atoms with Crippen LogP contribution >= 0.6 is 15.9 Å². The van der Waals surface area contributed by atoms with Crippen LogP contribution in [0.25, 0.3) is 0 Å². The molecule has 0 rings (SSSR count). The Morgan fingerprint density at radius 1 is 1.00 bits per heavy atom. The van der Waals surface area contributed by atoms with Crippen LogP contribution in [0.15, 0.2) is 23.2 Å². The van der Waals surface area contributed by atoms with Crippen molar-refractivity contribution in [1.82, 2.24) is 0 Å². The van der Waals surface area contributed by atoms with Crippen LogP contribution in [0.1, 0.15) is 70.6 Å². The normalized spacial score (nSPS) is 10.8. The van der Waals surface area contributed by atoms with Gasteiger partial charge in [-0.2, -0.15) is 0 Å². The molecule has 0 aromatic heterocycles. The summed E-state index contributed by atoms with van der Waals surface area (Å²) in [5.74, 6) is 5.99. The second-order valence-corrected chi connectivity index (χ2v) is 5.74. The number of carbonyl (C=O) groups is 1. The van der Waals surface area contributed by atoms with E-state index in [-0.39, 0.29) is 5.97 Å². The van der Waals surface area contributed by atoms with E-state index >= 15 is 0 Å². The minimum atomic E-state index is -0.112. The summed E-state index contributed by atoms with van der Waals surface area (Å²) in [7, 11) is 1.44. The van der Waals surface area contributed by atoms with Gasteiger partial charge in [0, 0.05) is 12.8 Å². The number of allylic oxidation sites excluding steroid dienone is 3. The molecule has 0 amide bonds. The fourth-order valence-electron chi connectivity index (χ4n) is 2.05. The van der Waals surface area contributed by atoms with Gasteiger partial charge in [-0.1, -0.05) is 65.6 Å². The lowest BCUT2D eigenvalue weighted by Gasteiger charge is -1.99. The van der Waals surface area contributed by atoms with Gasteiger partial charge in [0.2, 0.25) is 0 Å². The lowest BCUT2D eigenvalue weighted by atomic mass is 10.1. The molecule has 0 unspecified atom stereocenters. The van der Waals surface area contributed by atoms with Crippen LogP contribution in [-0.2, 0) is 9.53 Å². The van der Waals surface area contributed by atoms with Crippen LogP contribution in [0.4, 0.5) is 0 Å². The predicted molar refractivity (Wildman–Crippen MR) is 97.8 cm³/mol. The van der Waals surface area contributed by atoms with Gasteiger partial charge in [0.05, 0.1) is 7.11 Å². The average Bonchev–Trinajstić information content (AvgIpc) is 2.54. The molecule has 0 atom stereocenters. The van der Waals surface area contributed by atoms with E-state index in [2.05, 4.69) is 44.7 Å². The minimum absolute atomic E-state index is 0.112. The number of methoxy groups -OCH3 is 1. The average molecular weight is 369 g/mol. The van der Waals surface area contributed by atoms with Crippen LogP contribution < -0.4 is 0 Å². The molecule has 0 aliphatic heterocycles. The summed E-state index contributed by atoms with van der Waals surface area (Å²) < 4.78 is 4.60. The molecule has 0 fully saturated rings. The van der Waals surface area contributed by atoms with E-state index in [1.165, 1.54) is 45.6 Å². The summed E-state index contributed by atoms with van der Waals surface area (Å²) >= 11 is 3.19. The molecule has 0 bridgehead atoms. The van der Waals surface area contributed by atoms with Crippen LogP contribution in [0.2, 0.25) is 0 Å². The van der Waals surface area contributed by atoms with E-state index in [0.29, 0.717) is 6.42 Å². The zero-order valence-corrected chi connectivity index (χ0v) is 15.4. The molecule has 0 radical (unpaired) electrons. The molecular formula is C19H29BrO2. The summed E-state index contributed by atoms with van der Waals surface area (Å²) in [6.45, 7) is 0. The molecule has 22 heavy (non-hydrogen) atoms. The largest absolute Gasteiger partial charge is 0.469 e. The first-order valence-corrected chi connectivity index (χ1v) is 9.18. The molecule has 0 aromatic carbocycles. The third-order valence-corrected chi connectivity index (χ3v) is 3.58. The Balaban J connectivity index is 3.20. The number of carbonyl (C=O) groups excluding carboxylic acids is 1. The first-order chi connectivity index (χ1) is 10.8. The fourth-order valence-corrected chi connectivity index (χ4v) is 2.18. The lowest BCUT2D eigenvalue weighted by Crippen LogP contribution is -1.98. The topological polar surface area (TPSA) is 26.3 Å². The molecule has 0 spiro atoms. The zero-order chi connectivity index (χ0) is 16.3. The van der Waals surface area contributed by atoms with Gasteiger partial charge < -0.3 is 4.74 Å². The van der Waals surface area contributed by atoms with Crippen LogP contribution in [0.5, 0.6) is 0 Å². The summed E-state index contributed by atoms with van der Waals surface area (Å²) in [6.07, 6.45) is 18.5. The maximum absolute atomic E-state index is 10.9. The highest BCUT2D eigenvalue weighted by molar-refractivity contribution is 9.11. The van der Waals surface area contributed by atoms with Crippen LogP contribution in [0.3, 0.4) is 0 Å². The maximum atomic E-state index is 10.9. The minimum Gasteiger partial charge on any atom is -0.469 e. The maximum Gasteiger partial charge on any atom is 0.305 e. The molecule has 0 heterocycles. The highest BCUT2D eigenvalue weighted by Crippen LogP contribution is 2.09. The molecule has 124 valence electrons. The molecule has 3 heteroatoms. The van der Waals surface area contributed by atoms with Crippen molar-refractivity contribution in [1.29, 1.82) is 0 Å². The quantitative estimate of drug-likeness (QED) is 0.185. The van der Waals surface area contributed by atoms with Crippen molar-refractivity contribution in [3.63, 3.8) is 0 Å². The Morgan fingerprint density at radius 2 is 1.64 bits per heavy atom. The third-order valence-electron chi connectivity index (χ3n) is 3.32. The van der Waals surface area contributed by atoms with Crippen molar-refractivity contribution in [2.75, 3.05) is 7.11 Å². The fraction of sp³-hybridized carbons (Fsp3) is 0.632. The molecule has 0 aliphatic rings. The van der Waals surface area contributed by atoms with E-state index in [9.17, 15) is 4.79 Å². The molecular weight excluding hydrogens is 340 g/mol. The molecule has 0 aromatic rings. The van der Waals surface area contributed by atoms with Gasteiger partial charge in [-0.15, -0.1) is 0 Å². The van der Waals surface area contributed by atoms with Gasteiger partial charge in [0.15, 0.2) is 0 Å². The lowest BCUT2D eigenvalue weighted by molar-refractivity contribution is -0.140. The number of esters is 1. The Hall–Kier alpha value is -1.01. The first-order valence-electron chi connectivity index (χ1n) is 8.26. The van der Waals surface area contributed by atoms with Crippen molar-refractivity contribution in [3.8, 4) is 11.8 Å². The third kappa shape index (κ3) is 17.0. The number of unbranched alkanes of at least 4 members (excludes halogenated alkanes) is 8. The Kier molecular flexibility index (Phi) is 17.2. The second-order valence-electron chi connectivity index (χ2n) is 5.21. The molecule has 0 saturated heterocycles. The number of ether oxygens (including phenoxy) is 1. The summed E-state index contributed by atoms with van der Waals surface area (Å²) in [5.41, 5.74) is 0. The first kappa shape index (κ1) is 21.0. The monoisotopic (exact) mass is 368 g/mol. The van der Waals surface area contributed by atoms with E-state index < -0.39 is 0 Å². The van der Waals surface area contributed by atoms with Gasteiger partial charge in [-0.05, 0) is 43.2 Å². The zero-order valence-electron chi connectivity index (χ0n) is 13.8. The van der Waals surface area contributed by atoms with E-state index in [1.807, 2.05) is 6.08 Å². The number of hydrogen-bond acceptors (Lipinski definition) is 2. The van der Waals surface area contributed by atoms with Crippen LogP contribution in [0, 0.1) is 11.8 Å². The second kappa shape index (κ2) is 18.0. The van der Waals surface area contributed by atoms with Crippen molar-refractivity contribution in [3.05, 3.63) is 23.2 Å². The van der Waals surface area contributed by atoms with Gasteiger partial charge >= 0.3 is 5.97 Å². The highest BCUT2D eigenvalue weighted by Gasteiger charge is 1.96. The smallest absolute Gasteiger partial charge is 0.305 e. The number of halogens is 1. The van der Waals surface area contributed by atoms with E-state index in [0.717, 1.165) is 25.7 Å². The van der Waals surface area contributed by atoms with Crippen molar-refractivity contribution in [2.45, 2.75) is 70.6 Å². The SMILES string of the molecule is COC(=O)CCC/C=C/CCCCCCCCC#C/C=C/Br. The predicted octanol–water partition coefficient (Wildman–Crippen LogP) is 5.92. The standard InChI is InChI=1S/C19H29BrO2/c1-22-19(21)17-15-13-11-9-7-5-3-2-4-6-8-10-12-14-16-18-20/h9,11,16,18H,2-8,10,13,15,17H2,1H3/b11-9+,18-16+. The van der Waals surface area contributed by atoms with Crippen molar-refractivity contribution in [2.24, 2.45) is 0 Å². The van der Waals surface area contributed by atoms with E-state index in [4.69, 9.17) is 0 Å². The van der Waals surface area contributed by atoms with Crippen LogP contribution in [-0.4, -0.2) is 13.1 Å². The highest BCUT2D eigenvalue weighted by atomic mass is 79.9. The summed E-state index contributed by atoms with van der Waals surface area (Å²) in [4.78, 5) is 12.7. The van der Waals surface area contributed by atoms with Gasteiger partial charge in [-0.25, -0.2) is 0 Å². The Labute approximate surface area is 144 Å². The number of rotatable bonds is 12. The Bertz CT molecular complexity index is 375.